The second kappa shape index (κ2) is 9.65. The first-order chi connectivity index (χ1) is 11.6. The molecule has 1 saturated heterocycles. The molecule has 8 nitrogen and oxygen atoms in total. The van der Waals surface area contributed by atoms with Crippen LogP contribution in [-0.4, -0.2) is 70.4 Å². The minimum atomic E-state index is -3.27. The maximum Gasteiger partial charge on any atom is 0.216 e. The van der Waals surface area contributed by atoms with E-state index in [-0.39, 0.29) is 12.3 Å². The van der Waals surface area contributed by atoms with Crippen LogP contribution in [0, 0.1) is 0 Å². The fourth-order valence-electron chi connectivity index (χ4n) is 2.33. The standard InChI is InChI=1S/C15H26N4O4S/c1-2-16-15(17-6-5-14-4-3-10-23-14)18-7-13-24(20,21)19-8-11-22-12-9-19/h3-4,10H,2,5-9,11-13H2,1H3,(H2,16,17,18). The van der Waals surface area contributed by atoms with Gasteiger partial charge in [-0.3, -0.25) is 4.99 Å². The van der Waals surface area contributed by atoms with E-state index in [1.54, 1.807) is 6.26 Å². The Balaban J connectivity index is 1.78. The first-order valence-electron chi connectivity index (χ1n) is 8.22. The zero-order chi connectivity index (χ0) is 17.3. The van der Waals surface area contributed by atoms with Gasteiger partial charge in [-0.25, -0.2) is 8.42 Å². The number of aliphatic imine (C=N–C) groups is 1. The van der Waals surface area contributed by atoms with Crippen LogP contribution in [0.3, 0.4) is 0 Å². The molecule has 136 valence electrons. The van der Waals surface area contributed by atoms with E-state index in [9.17, 15) is 8.42 Å². The number of guanidine groups is 1. The molecule has 0 aromatic carbocycles. The van der Waals surface area contributed by atoms with Crippen LogP contribution in [0.2, 0.25) is 0 Å². The second-order valence-corrected chi connectivity index (χ2v) is 7.43. The summed E-state index contributed by atoms with van der Waals surface area (Å²) in [6, 6.07) is 3.77. The Bertz CT molecular complexity index is 595. The van der Waals surface area contributed by atoms with Crippen molar-refractivity contribution in [2.24, 2.45) is 4.99 Å². The van der Waals surface area contributed by atoms with Crippen molar-refractivity contribution in [1.82, 2.24) is 14.9 Å². The highest BCUT2D eigenvalue weighted by Crippen LogP contribution is 2.05. The maximum absolute atomic E-state index is 12.2. The van der Waals surface area contributed by atoms with Gasteiger partial charge in [-0.1, -0.05) is 0 Å². The number of furan rings is 1. The minimum Gasteiger partial charge on any atom is -0.469 e. The van der Waals surface area contributed by atoms with Crippen molar-refractivity contribution in [3.05, 3.63) is 24.2 Å². The molecule has 2 N–H and O–H groups in total. The maximum atomic E-state index is 12.2. The van der Waals surface area contributed by atoms with Gasteiger partial charge in [-0.15, -0.1) is 0 Å². The predicted molar refractivity (Wildman–Crippen MR) is 92.6 cm³/mol. The molecular formula is C15H26N4O4S. The summed E-state index contributed by atoms with van der Waals surface area (Å²) in [5.74, 6) is 1.51. The van der Waals surface area contributed by atoms with Gasteiger partial charge >= 0.3 is 0 Å². The molecule has 0 atom stereocenters. The minimum absolute atomic E-state index is 0.00174. The van der Waals surface area contributed by atoms with Crippen LogP contribution in [0.4, 0.5) is 0 Å². The van der Waals surface area contributed by atoms with Gasteiger partial charge in [0.05, 0.1) is 31.8 Å². The SMILES string of the molecule is CCNC(=NCCS(=O)(=O)N1CCOCC1)NCCc1ccco1. The molecule has 1 aromatic rings. The number of ether oxygens (including phenoxy) is 1. The summed E-state index contributed by atoms with van der Waals surface area (Å²) in [4.78, 5) is 4.34. The normalized spacial score (nSPS) is 17.0. The van der Waals surface area contributed by atoms with Gasteiger partial charge in [0.2, 0.25) is 10.0 Å². The molecule has 9 heteroatoms. The number of hydrogen-bond donors (Lipinski definition) is 2. The summed E-state index contributed by atoms with van der Waals surface area (Å²) >= 11 is 0. The zero-order valence-electron chi connectivity index (χ0n) is 14.0. The molecule has 0 spiro atoms. The summed E-state index contributed by atoms with van der Waals surface area (Å²) in [6.07, 6.45) is 2.38. The predicted octanol–water partition coefficient (Wildman–Crippen LogP) is 0.0392. The van der Waals surface area contributed by atoms with E-state index in [4.69, 9.17) is 9.15 Å². The second-order valence-electron chi connectivity index (χ2n) is 5.34. The molecule has 0 unspecified atom stereocenters. The third-order valence-corrected chi connectivity index (χ3v) is 5.42. The highest BCUT2D eigenvalue weighted by atomic mass is 32.2. The molecule has 24 heavy (non-hydrogen) atoms. The van der Waals surface area contributed by atoms with Crippen molar-refractivity contribution in [2.45, 2.75) is 13.3 Å². The Morgan fingerprint density at radius 1 is 1.33 bits per heavy atom. The number of nitrogens with zero attached hydrogens (tertiary/aromatic N) is 2. The fraction of sp³-hybridized carbons (Fsp3) is 0.667. The quantitative estimate of drug-likeness (QED) is 0.503. The van der Waals surface area contributed by atoms with Gasteiger partial charge in [0.15, 0.2) is 5.96 Å². The van der Waals surface area contributed by atoms with E-state index in [2.05, 4.69) is 15.6 Å². The Morgan fingerprint density at radius 3 is 2.79 bits per heavy atom. The lowest BCUT2D eigenvalue weighted by Gasteiger charge is -2.25. The van der Waals surface area contributed by atoms with Crippen LogP contribution < -0.4 is 10.6 Å². The summed E-state index contributed by atoms with van der Waals surface area (Å²) in [7, 11) is -3.27. The number of nitrogens with one attached hydrogen (secondary N) is 2. The largest absolute Gasteiger partial charge is 0.469 e. The summed E-state index contributed by atoms with van der Waals surface area (Å²) in [6.45, 7) is 5.32. The Hall–Kier alpha value is -1.58. The molecule has 2 heterocycles. The average Bonchev–Trinajstić information content (AvgIpc) is 3.09. The van der Waals surface area contributed by atoms with Gasteiger partial charge in [0.25, 0.3) is 0 Å². The molecule has 0 radical (unpaired) electrons. The summed E-state index contributed by atoms with van der Waals surface area (Å²) in [5, 5.41) is 6.28. The smallest absolute Gasteiger partial charge is 0.216 e. The third-order valence-electron chi connectivity index (χ3n) is 3.57. The van der Waals surface area contributed by atoms with E-state index >= 15 is 0 Å². The van der Waals surface area contributed by atoms with E-state index in [0.717, 1.165) is 12.2 Å². The topological polar surface area (TPSA) is 96.2 Å². The van der Waals surface area contributed by atoms with Gasteiger partial charge in [-0.05, 0) is 19.1 Å². The number of sulfonamides is 1. The number of hydrogen-bond acceptors (Lipinski definition) is 5. The van der Waals surface area contributed by atoms with Crippen molar-refractivity contribution in [3.8, 4) is 0 Å². The van der Waals surface area contributed by atoms with Gasteiger partial charge in [0, 0.05) is 32.6 Å². The molecule has 1 aliphatic rings. The molecule has 0 amide bonds. The van der Waals surface area contributed by atoms with Gasteiger partial charge in [-0.2, -0.15) is 4.31 Å². The molecular weight excluding hydrogens is 332 g/mol. The molecule has 0 saturated carbocycles. The first-order valence-corrected chi connectivity index (χ1v) is 9.83. The van der Waals surface area contributed by atoms with E-state index in [1.807, 2.05) is 19.1 Å². The van der Waals surface area contributed by atoms with Gasteiger partial charge in [0.1, 0.15) is 5.76 Å². The molecule has 1 aliphatic heterocycles. The Kier molecular flexibility index (Phi) is 7.54. The lowest BCUT2D eigenvalue weighted by Crippen LogP contribution is -2.42. The molecule has 0 bridgehead atoms. The first kappa shape index (κ1) is 18.8. The molecule has 0 aliphatic carbocycles. The monoisotopic (exact) mass is 358 g/mol. The fourth-order valence-corrected chi connectivity index (χ4v) is 3.61. The van der Waals surface area contributed by atoms with Crippen molar-refractivity contribution in [2.75, 3.05) is 51.7 Å². The van der Waals surface area contributed by atoms with Crippen molar-refractivity contribution in [3.63, 3.8) is 0 Å². The Morgan fingerprint density at radius 2 is 2.12 bits per heavy atom. The Labute approximate surface area is 143 Å². The van der Waals surface area contributed by atoms with Crippen LogP contribution in [0.15, 0.2) is 27.8 Å². The molecule has 1 fully saturated rings. The van der Waals surface area contributed by atoms with Crippen molar-refractivity contribution < 1.29 is 17.6 Å². The highest BCUT2D eigenvalue weighted by Gasteiger charge is 2.23. The third kappa shape index (κ3) is 6.14. The summed E-state index contributed by atoms with van der Waals surface area (Å²) in [5.41, 5.74) is 0. The van der Waals surface area contributed by atoms with Crippen molar-refractivity contribution >= 4 is 16.0 Å². The van der Waals surface area contributed by atoms with Gasteiger partial charge < -0.3 is 19.8 Å². The van der Waals surface area contributed by atoms with Crippen LogP contribution in [0.25, 0.3) is 0 Å². The zero-order valence-corrected chi connectivity index (χ0v) is 14.8. The van der Waals surface area contributed by atoms with Crippen LogP contribution >= 0.6 is 0 Å². The highest BCUT2D eigenvalue weighted by molar-refractivity contribution is 7.89. The lowest BCUT2D eigenvalue weighted by atomic mass is 10.3. The van der Waals surface area contributed by atoms with Crippen molar-refractivity contribution in [1.29, 1.82) is 0 Å². The van der Waals surface area contributed by atoms with E-state index in [1.165, 1.54) is 4.31 Å². The number of morpholine rings is 1. The average molecular weight is 358 g/mol. The molecule has 2 rings (SSSR count). The molecule has 1 aromatic heterocycles. The lowest BCUT2D eigenvalue weighted by molar-refractivity contribution is 0.0731. The van der Waals surface area contributed by atoms with Crippen LogP contribution in [0.1, 0.15) is 12.7 Å². The van der Waals surface area contributed by atoms with E-state index < -0.39 is 10.0 Å². The summed E-state index contributed by atoms with van der Waals surface area (Å²) < 4.78 is 36.4. The number of rotatable bonds is 8. The van der Waals surface area contributed by atoms with E-state index in [0.29, 0.717) is 45.4 Å². The van der Waals surface area contributed by atoms with Crippen LogP contribution in [0.5, 0.6) is 0 Å². The van der Waals surface area contributed by atoms with Crippen LogP contribution in [-0.2, 0) is 21.2 Å².